The summed E-state index contributed by atoms with van der Waals surface area (Å²) in [5.74, 6) is 5.33. The zero-order valence-corrected chi connectivity index (χ0v) is 82.9. The number of benzene rings is 15. The summed E-state index contributed by atoms with van der Waals surface area (Å²) in [6.07, 6.45) is 16.7. The van der Waals surface area contributed by atoms with Crippen molar-refractivity contribution >= 4 is 76.3 Å². The number of hydrogen-bond acceptors (Lipinski definition) is 7. The summed E-state index contributed by atoms with van der Waals surface area (Å²) < 4.78 is 25.3. The standard InChI is InChI=1S/C34H23N2.C29H20N3O.C26H19N4.C25H29N2O.4Ir/c1-3-10-24(11-4-1)31-16-9-17-32(25-12-5-2-6-13-25)33(31)36-21-20-35-34(36)27-18-19-30-28(23-27)22-26-14-7-8-15-29(26)30;1-2-31-23-10-5-3-8-20(23)22-18-19(14-15-24(22)31)29-30-16-17-32(29)25-11-7-13-27-28(25)21-9-4-6-12-26(21)33-27;1-2-29-22-11-6-5-10-21(22)25-23(29)12-7-13-24(25)30-17-27-28-26(30)20-15-14-18-8-3-4-9-19(18)16-20;1-16(2)21-13-18(5)14-22(17(3)4)24(21)27-11-10-26-25(27)20-8-9-23-19(15-20)7-6-12-28-23;;;;/h1-17,19-21,23H,22H2;3-13,15-18H,2H2,1H3;3-14,16-17H,2H2,1H3;9-11,13-17H,6-7,12H2,1-5H3;;;;/q4*-1;;;;. The van der Waals surface area contributed by atoms with Crippen LogP contribution in [0.25, 0.3) is 178 Å². The average Bonchev–Trinajstić information content (AvgIpc) is 1.61. The van der Waals surface area contributed by atoms with Crippen LogP contribution < -0.4 is 4.74 Å². The van der Waals surface area contributed by atoms with Gasteiger partial charge in [-0.05, 0) is 133 Å². The van der Waals surface area contributed by atoms with E-state index in [1.165, 1.54) is 127 Å². The van der Waals surface area contributed by atoms with E-state index in [1.54, 1.807) is 6.33 Å². The predicted molar refractivity (Wildman–Crippen MR) is 517 cm³/mol. The van der Waals surface area contributed by atoms with Gasteiger partial charge in [-0.15, -0.1) is 111 Å². The second kappa shape index (κ2) is 39.0. The minimum absolute atomic E-state index is 0. The third-order valence-electron chi connectivity index (χ3n) is 24.9. The van der Waals surface area contributed by atoms with Crippen molar-refractivity contribution in [1.29, 1.82) is 0 Å². The SMILES string of the molecule is CCn1c2c[c-]c(-c3nccn3-c3cccc4oc5ccccc5c34)cc2c2ccccc21.CCn1c2ccccc2c2c(-n3cnnc3-c3[c-]cc4ccccc4c3)cccc21.Cc1cc(C(C)C)c(-n2ccnc2-c2[c-]cc3c(c2)CCCO3)c(C(C)C)c1.[Ir].[Ir].[Ir].[Ir].[c-]1cc2c(cc1-c1nccn1-c1c(-c3ccccc3)cccc1-c1ccccc1)Cc1ccccc1-2. The Bertz CT molecular complexity index is 7820. The van der Waals surface area contributed by atoms with Gasteiger partial charge in [-0.2, -0.15) is 5.10 Å². The monoisotopic (exact) mass is 2420 g/mol. The Balaban J connectivity index is 0.000000121. The van der Waals surface area contributed by atoms with E-state index in [9.17, 15) is 0 Å². The van der Waals surface area contributed by atoms with Gasteiger partial charge in [0.25, 0.3) is 0 Å². The van der Waals surface area contributed by atoms with Crippen molar-refractivity contribution in [1.82, 2.24) is 52.6 Å². The Labute approximate surface area is 816 Å². The summed E-state index contributed by atoms with van der Waals surface area (Å²) in [6.45, 7) is 18.3. The number of fused-ring (bicyclic) bond motifs is 14. The number of furan rings is 1. The Morgan fingerprint density at radius 3 is 1.59 bits per heavy atom. The molecule has 1 aliphatic carbocycles. The number of para-hydroxylation sites is 4. The number of imidazole rings is 3. The first-order valence-electron chi connectivity index (χ1n) is 44.0. The van der Waals surface area contributed by atoms with Gasteiger partial charge in [0.1, 0.15) is 17.5 Å². The third-order valence-corrected chi connectivity index (χ3v) is 24.9. The van der Waals surface area contributed by atoms with Gasteiger partial charge < -0.3 is 36.6 Å². The molecule has 0 atom stereocenters. The van der Waals surface area contributed by atoms with Crippen molar-refractivity contribution in [3.63, 3.8) is 0 Å². The van der Waals surface area contributed by atoms with Crippen molar-refractivity contribution in [2.45, 2.75) is 92.7 Å². The molecule has 0 unspecified atom stereocenters. The Hall–Kier alpha value is -12.9. The van der Waals surface area contributed by atoms with E-state index in [2.05, 4.69) is 371 Å². The predicted octanol–water partition coefficient (Wildman–Crippen LogP) is 27.8. The molecule has 8 heterocycles. The van der Waals surface area contributed by atoms with E-state index in [0.717, 1.165) is 129 Å². The molecule has 24 rings (SSSR count). The first-order chi connectivity index (χ1) is 62.5. The van der Waals surface area contributed by atoms with Crippen LogP contribution in [0.4, 0.5) is 0 Å². The Morgan fingerprint density at radius 2 is 0.893 bits per heavy atom. The van der Waals surface area contributed by atoms with Crippen LogP contribution in [-0.2, 0) is 106 Å². The number of rotatable bonds is 14. The molecule has 0 bridgehead atoms. The maximum atomic E-state index is 6.11. The van der Waals surface area contributed by atoms with Gasteiger partial charge in [0.2, 0.25) is 0 Å². The van der Waals surface area contributed by atoms with Gasteiger partial charge in [-0.1, -0.05) is 267 Å². The molecule has 654 valence electrons. The van der Waals surface area contributed by atoms with Crippen molar-refractivity contribution < 1.29 is 89.6 Å². The van der Waals surface area contributed by atoms with E-state index >= 15 is 0 Å². The molecule has 0 N–H and O–H groups in total. The Morgan fingerprint density at radius 1 is 0.382 bits per heavy atom. The quantitative estimate of drug-likeness (QED) is 0.0996. The fourth-order valence-corrected chi connectivity index (χ4v) is 19.1. The fourth-order valence-electron chi connectivity index (χ4n) is 19.1. The van der Waals surface area contributed by atoms with Gasteiger partial charge in [0, 0.05) is 192 Å². The molecule has 131 heavy (non-hydrogen) atoms. The molecule has 15 aromatic carbocycles. The van der Waals surface area contributed by atoms with Crippen molar-refractivity contribution in [3.8, 4) is 107 Å². The smallest absolute Gasteiger partial charge is 0.137 e. The second-order valence-corrected chi connectivity index (χ2v) is 33.3. The van der Waals surface area contributed by atoms with E-state index in [-0.39, 0.29) is 80.4 Å². The van der Waals surface area contributed by atoms with Gasteiger partial charge in [-0.25, -0.2) is 0 Å². The number of nitrogens with zero attached hydrogens (tertiary/aromatic N) is 11. The van der Waals surface area contributed by atoms with E-state index in [4.69, 9.17) is 24.1 Å². The normalized spacial score (nSPS) is 11.8. The zero-order chi connectivity index (χ0) is 85.8. The van der Waals surface area contributed by atoms with Gasteiger partial charge in [-0.3, -0.25) is 15.0 Å². The molecule has 0 spiro atoms. The summed E-state index contributed by atoms with van der Waals surface area (Å²) in [7, 11) is 0. The molecule has 0 fully saturated rings. The summed E-state index contributed by atoms with van der Waals surface area (Å²) in [5, 5.41) is 18.2. The summed E-state index contributed by atoms with van der Waals surface area (Å²) in [4.78, 5) is 14.3. The number of ether oxygens (including phenoxy) is 1. The van der Waals surface area contributed by atoms with Crippen molar-refractivity contribution in [2.75, 3.05) is 6.61 Å². The van der Waals surface area contributed by atoms with Crippen LogP contribution in [0.15, 0.2) is 345 Å². The zero-order valence-electron chi connectivity index (χ0n) is 73.3. The minimum atomic E-state index is 0. The topological polar surface area (TPSA) is 116 Å². The Kier molecular flexibility index (Phi) is 26.9. The molecule has 0 saturated carbocycles. The van der Waals surface area contributed by atoms with Crippen LogP contribution in [0, 0.1) is 31.2 Å². The number of aromatic nitrogens is 11. The first-order valence-corrected chi connectivity index (χ1v) is 44.0. The fraction of sp³-hybridized carbons (Fsp3) is 0.132. The van der Waals surface area contributed by atoms with E-state index < -0.39 is 0 Å². The van der Waals surface area contributed by atoms with Crippen LogP contribution in [0.1, 0.15) is 93.2 Å². The van der Waals surface area contributed by atoms with Gasteiger partial charge in [0.15, 0.2) is 0 Å². The van der Waals surface area contributed by atoms with E-state index in [1.807, 2.05) is 73.3 Å². The molecule has 22 aromatic rings. The minimum Gasteiger partial charge on any atom is -0.537 e. The van der Waals surface area contributed by atoms with Crippen LogP contribution in [0.3, 0.4) is 0 Å². The first kappa shape index (κ1) is 90.1. The summed E-state index contributed by atoms with van der Waals surface area (Å²) >= 11 is 0. The molecule has 1 aliphatic heterocycles. The third kappa shape index (κ3) is 16.9. The molecule has 0 amide bonds. The molecule has 7 aromatic heterocycles. The van der Waals surface area contributed by atoms with Crippen LogP contribution >= 0.6 is 0 Å². The molecule has 13 nitrogen and oxygen atoms in total. The van der Waals surface area contributed by atoms with Crippen LogP contribution in [0.5, 0.6) is 5.75 Å². The summed E-state index contributed by atoms with van der Waals surface area (Å²) in [5.41, 5.74) is 30.4. The average molecular weight is 2420 g/mol. The van der Waals surface area contributed by atoms with E-state index in [0.29, 0.717) is 11.8 Å². The largest absolute Gasteiger partial charge is 0.537 e. The molecule has 0 saturated heterocycles. The van der Waals surface area contributed by atoms with Crippen LogP contribution in [-0.4, -0.2) is 59.2 Å². The summed E-state index contributed by atoms with van der Waals surface area (Å²) in [6, 6.07) is 118. The van der Waals surface area contributed by atoms with Gasteiger partial charge in [0.05, 0.1) is 46.5 Å². The van der Waals surface area contributed by atoms with Crippen LogP contribution in [0.2, 0.25) is 0 Å². The number of hydrogen-bond donors (Lipinski definition) is 0. The molecule has 2 aliphatic rings. The molecule has 4 radical (unpaired) electrons. The molecular weight excluding hydrogens is 2320 g/mol. The van der Waals surface area contributed by atoms with Crippen molar-refractivity contribution in [3.05, 3.63) is 398 Å². The van der Waals surface area contributed by atoms with Gasteiger partial charge >= 0.3 is 0 Å². The maximum Gasteiger partial charge on any atom is 0.137 e. The van der Waals surface area contributed by atoms with Crippen molar-refractivity contribution in [2.24, 2.45) is 0 Å². The molecule has 17 heteroatoms. The molecular formula is C114H91Ir4N11O2-4. The maximum absolute atomic E-state index is 6.11. The number of aryl methyl sites for hydroxylation is 4. The second-order valence-electron chi connectivity index (χ2n) is 33.3.